The number of rotatable bonds is 5. The van der Waals surface area contributed by atoms with E-state index in [1.54, 1.807) is 4.68 Å². The van der Waals surface area contributed by atoms with Crippen LogP contribution in [0.1, 0.15) is 18.9 Å². The highest BCUT2D eigenvalue weighted by Crippen LogP contribution is 2.23. The summed E-state index contributed by atoms with van der Waals surface area (Å²) in [5, 5.41) is 7.57. The molecule has 0 radical (unpaired) electrons. The molecule has 2 rings (SSSR count). The molecule has 2 unspecified atom stereocenters. The summed E-state index contributed by atoms with van der Waals surface area (Å²) in [7, 11) is -0.912. The molecule has 6 heteroatoms. The number of hydrogen-bond acceptors (Lipinski definition) is 4. The molecular formula is C12H21N3O2S. The minimum atomic E-state index is -2.81. The van der Waals surface area contributed by atoms with Crippen LogP contribution in [0.15, 0.2) is 12.4 Å². The van der Waals surface area contributed by atoms with Crippen LogP contribution in [0, 0.1) is 5.92 Å². The van der Waals surface area contributed by atoms with Crippen molar-refractivity contribution in [3.8, 4) is 0 Å². The molecule has 18 heavy (non-hydrogen) atoms. The van der Waals surface area contributed by atoms with Gasteiger partial charge in [-0.25, -0.2) is 8.42 Å². The normalized spacial score (nSPS) is 24.2. The zero-order chi connectivity index (χ0) is 13.2. The van der Waals surface area contributed by atoms with Crippen LogP contribution in [0.25, 0.3) is 0 Å². The van der Waals surface area contributed by atoms with Gasteiger partial charge in [0.2, 0.25) is 0 Å². The number of aryl methyl sites for hydroxylation is 1. The Kier molecular flexibility index (Phi) is 4.07. The average molecular weight is 271 g/mol. The highest BCUT2D eigenvalue weighted by molar-refractivity contribution is 7.91. The van der Waals surface area contributed by atoms with Crippen molar-refractivity contribution >= 4 is 9.84 Å². The minimum absolute atomic E-state index is 0.232. The molecule has 0 amide bonds. The standard InChI is InChI=1S/C12H21N3O2S/c1-3-13-12(6-10-7-14-15(2)8-10)11-4-5-18(16,17)9-11/h7-8,11-13H,3-6,9H2,1-2H3. The summed E-state index contributed by atoms with van der Waals surface area (Å²) in [6, 6.07) is 0.233. The van der Waals surface area contributed by atoms with E-state index in [9.17, 15) is 8.42 Å². The second kappa shape index (κ2) is 5.40. The molecule has 2 atom stereocenters. The number of sulfone groups is 1. The molecule has 1 aromatic rings. The lowest BCUT2D eigenvalue weighted by molar-refractivity contribution is 0.386. The van der Waals surface area contributed by atoms with Crippen LogP contribution in [0.4, 0.5) is 0 Å². The average Bonchev–Trinajstić information content (AvgIpc) is 2.84. The Hall–Kier alpha value is -0.880. The van der Waals surface area contributed by atoms with Gasteiger partial charge in [0.15, 0.2) is 9.84 Å². The van der Waals surface area contributed by atoms with E-state index in [1.807, 2.05) is 19.4 Å². The number of nitrogens with zero attached hydrogens (tertiary/aromatic N) is 2. The van der Waals surface area contributed by atoms with E-state index >= 15 is 0 Å². The highest BCUT2D eigenvalue weighted by atomic mass is 32.2. The van der Waals surface area contributed by atoms with Gasteiger partial charge < -0.3 is 5.32 Å². The minimum Gasteiger partial charge on any atom is -0.314 e. The Morgan fingerprint density at radius 3 is 2.89 bits per heavy atom. The van der Waals surface area contributed by atoms with Crippen LogP contribution >= 0.6 is 0 Å². The molecule has 0 aromatic carbocycles. The van der Waals surface area contributed by atoms with Gasteiger partial charge in [0.05, 0.1) is 17.7 Å². The molecule has 1 aliphatic heterocycles. The quantitative estimate of drug-likeness (QED) is 0.840. The molecule has 1 saturated heterocycles. The predicted octanol–water partition coefficient (Wildman–Crippen LogP) is 0.375. The first-order chi connectivity index (χ1) is 8.50. The van der Waals surface area contributed by atoms with Crippen LogP contribution in [0.3, 0.4) is 0 Å². The van der Waals surface area contributed by atoms with E-state index in [0.717, 1.165) is 24.9 Å². The lowest BCUT2D eigenvalue weighted by Crippen LogP contribution is -2.38. The van der Waals surface area contributed by atoms with Crippen LogP contribution in [0.5, 0.6) is 0 Å². The maximum atomic E-state index is 11.6. The van der Waals surface area contributed by atoms with Gasteiger partial charge in [0.25, 0.3) is 0 Å². The lowest BCUT2D eigenvalue weighted by atomic mass is 9.94. The molecule has 102 valence electrons. The maximum absolute atomic E-state index is 11.6. The Morgan fingerprint density at radius 1 is 1.61 bits per heavy atom. The molecule has 1 aromatic heterocycles. The fraction of sp³-hybridized carbons (Fsp3) is 0.750. The Balaban J connectivity index is 2.04. The molecule has 5 nitrogen and oxygen atoms in total. The van der Waals surface area contributed by atoms with E-state index in [4.69, 9.17) is 0 Å². The van der Waals surface area contributed by atoms with Crippen molar-refractivity contribution in [1.29, 1.82) is 0 Å². The summed E-state index contributed by atoms with van der Waals surface area (Å²) in [5.74, 6) is 0.896. The SMILES string of the molecule is CCNC(Cc1cnn(C)c1)C1CCS(=O)(=O)C1. The summed E-state index contributed by atoms with van der Waals surface area (Å²) >= 11 is 0. The van der Waals surface area contributed by atoms with E-state index in [1.165, 1.54) is 0 Å². The van der Waals surface area contributed by atoms with Crippen LogP contribution in [-0.4, -0.2) is 42.3 Å². The van der Waals surface area contributed by atoms with E-state index in [-0.39, 0.29) is 12.0 Å². The largest absolute Gasteiger partial charge is 0.314 e. The van der Waals surface area contributed by atoms with Crippen molar-refractivity contribution in [2.45, 2.75) is 25.8 Å². The first kappa shape index (κ1) is 13.5. The van der Waals surface area contributed by atoms with Gasteiger partial charge >= 0.3 is 0 Å². The van der Waals surface area contributed by atoms with Crippen molar-refractivity contribution in [2.24, 2.45) is 13.0 Å². The molecular weight excluding hydrogens is 250 g/mol. The second-order valence-corrected chi connectivity index (χ2v) is 7.28. The Bertz CT molecular complexity index is 495. The summed E-state index contributed by atoms with van der Waals surface area (Å²) in [4.78, 5) is 0. The molecule has 0 bridgehead atoms. The molecule has 0 saturated carbocycles. The molecule has 0 aliphatic carbocycles. The van der Waals surface area contributed by atoms with Gasteiger partial charge in [-0.2, -0.15) is 5.10 Å². The third kappa shape index (κ3) is 3.32. The number of nitrogens with one attached hydrogen (secondary N) is 1. The van der Waals surface area contributed by atoms with Crippen molar-refractivity contribution in [2.75, 3.05) is 18.1 Å². The summed E-state index contributed by atoms with van der Waals surface area (Å²) in [5.41, 5.74) is 1.16. The summed E-state index contributed by atoms with van der Waals surface area (Å²) in [6.45, 7) is 2.92. The van der Waals surface area contributed by atoms with Crippen molar-refractivity contribution < 1.29 is 8.42 Å². The fourth-order valence-electron chi connectivity index (χ4n) is 2.64. The Labute approximate surface area is 108 Å². The van der Waals surface area contributed by atoms with Gasteiger partial charge in [-0.3, -0.25) is 4.68 Å². The van der Waals surface area contributed by atoms with Gasteiger partial charge in [0.1, 0.15) is 0 Å². The van der Waals surface area contributed by atoms with E-state index in [2.05, 4.69) is 17.3 Å². The smallest absolute Gasteiger partial charge is 0.150 e. The molecule has 1 N–H and O–H groups in total. The number of likely N-dealkylation sites (N-methyl/N-ethyl adjacent to an activating group) is 1. The summed E-state index contributed by atoms with van der Waals surface area (Å²) in [6.07, 6.45) is 5.48. The van der Waals surface area contributed by atoms with E-state index < -0.39 is 9.84 Å². The topological polar surface area (TPSA) is 64.0 Å². The highest BCUT2D eigenvalue weighted by Gasteiger charge is 2.33. The molecule has 1 aliphatic rings. The first-order valence-corrected chi connectivity index (χ1v) is 8.23. The van der Waals surface area contributed by atoms with Gasteiger partial charge in [-0.1, -0.05) is 6.92 Å². The monoisotopic (exact) mass is 271 g/mol. The van der Waals surface area contributed by atoms with Crippen molar-refractivity contribution in [3.05, 3.63) is 18.0 Å². The molecule has 1 fully saturated rings. The van der Waals surface area contributed by atoms with Crippen molar-refractivity contribution in [1.82, 2.24) is 15.1 Å². The zero-order valence-electron chi connectivity index (χ0n) is 11.0. The predicted molar refractivity (Wildman–Crippen MR) is 71.1 cm³/mol. The van der Waals surface area contributed by atoms with Crippen molar-refractivity contribution in [3.63, 3.8) is 0 Å². The molecule has 2 heterocycles. The van der Waals surface area contributed by atoms with E-state index in [0.29, 0.717) is 11.5 Å². The maximum Gasteiger partial charge on any atom is 0.150 e. The van der Waals surface area contributed by atoms with Crippen LogP contribution in [0.2, 0.25) is 0 Å². The number of hydrogen-bond donors (Lipinski definition) is 1. The lowest BCUT2D eigenvalue weighted by Gasteiger charge is -2.22. The summed E-state index contributed by atoms with van der Waals surface area (Å²) < 4.78 is 24.9. The molecule has 0 spiro atoms. The second-order valence-electron chi connectivity index (χ2n) is 5.05. The van der Waals surface area contributed by atoms with Gasteiger partial charge in [-0.05, 0) is 30.9 Å². The van der Waals surface area contributed by atoms with Crippen LogP contribution < -0.4 is 5.32 Å². The third-order valence-electron chi connectivity index (χ3n) is 3.52. The third-order valence-corrected chi connectivity index (χ3v) is 5.31. The van der Waals surface area contributed by atoms with Gasteiger partial charge in [-0.15, -0.1) is 0 Å². The zero-order valence-corrected chi connectivity index (χ0v) is 11.8. The first-order valence-electron chi connectivity index (χ1n) is 6.41. The van der Waals surface area contributed by atoms with Gasteiger partial charge in [0, 0.05) is 19.3 Å². The Morgan fingerprint density at radius 2 is 2.39 bits per heavy atom. The number of aromatic nitrogens is 2. The fourth-order valence-corrected chi connectivity index (χ4v) is 4.52. The van der Waals surface area contributed by atoms with Crippen LogP contribution in [-0.2, 0) is 23.3 Å².